The van der Waals surface area contributed by atoms with E-state index in [-0.39, 0.29) is 12.6 Å². The Hall–Kier alpha value is -2.79. The summed E-state index contributed by atoms with van der Waals surface area (Å²) in [6.07, 6.45) is 0.871. The van der Waals surface area contributed by atoms with Gasteiger partial charge in [0.15, 0.2) is 17.1 Å². The third-order valence-corrected chi connectivity index (χ3v) is 3.30. The summed E-state index contributed by atoms with van der Waals surface area (Å²) in [7, 11) is 0. The molecule has 0 aliphatic carbocycles. The van der Waals surface area contributed by atoms with Crippen molar-refractivity contribution in [2.45, 2.75) is 39.3 Å². The summed E-state index contributed by atoms with van der Waals surface area (Å²) >= 11 is 5.34. The molecule has 1 heterocycles. The first-order valence-corrected chi connectivity index (χ1v) is 8.48. The Morgan fingerprint density at radius 3 is 2.88 bits per heavy atom. The number of amides is 1. The van der Waals surface area contributed by atoms with E-state index in [0.29, 0.717) is 16.2 Å². The van der Waals surface area contributed by atoms with Gasteiger partial charge in [-0.25, -0.2) is 9.78 Å². The maximum atomic E-state index is 11.8. The van der Waals surface area contributed by atoms with E-state index < -0.39 is 11.7 Å². The van der Waals surface area contributed by atoms with Gasteiger partial charge in [0.05, 0.1) is 12.2 Å². The van der Waals surface area contributed by atoms with Gasteiger partial charge in [0.2, 0.25) is 0 Å². The van der Waals surface area contributed by atoms with Crippen LogP contribution >= 0.6 is 12.2 Å². The first-order valence-electron chi connectivity index (χ1n) is 8.07. The molecule has 26 heavy (non-hydrogen) atoms. The molecule has 1 amide bonds. The Kier molecular flexibility index (Phi) is 6.41. The number of benzene rings is 1. The fraction of sp³-hybridized carbons (Fsp3) is 0.389. The van der Waals surface area contributed by atoms with E-state index in [1.807, 2.05) is 18.2 Å². The highest BCUT2D eigenvalue weighted by molar-refractivity contribution is 7.80. The highest BCUT2D eigenvalue weighted by Crippen LogP contribution is 2.21. The van der Waals surface area contributed by atoms with Crippen LogP contribution in [0.3, 0.4) is 0 Å². The third-order valence-electron chi connectivity index (χ3n) is 3.08. The fourth-order valence-electron chi connectivity index (χ4n) is 2.12. The van der Waals surface area contributed by atoms with E-state index in [1.165, 1.54) is 6.39 Å². The lowest BCUT2D eigenvalue weighted by Crippen LogP contribution is -2.45. The molecule has 1 unspecified atom stereocenters. The summed E-state index contributed by atoms with van der Waals surface area (Å²) in [6, 6.07) is 5.13. The number of alkyl carbamates (subject to hydrolysis) is 1. The summed E-state index contributed by atoms with van der Waals surface area (Å²) in [5.74, 6) is 5.77. The van der Waals surface area contributed by atoms with E-state index >= 15 is 0 Å². The lowest BCUT2D eigenvalue weighted by atomic mass is 10.2. The number of carbonyl (C=O) groups is 1. The quantitative estimate of drug-likeness (QED) is 0.560. The van der Waals surface area contributed by atoms with E-state index in [2.05, 4.69) is 32.8 Å². The number of carbonyl (C=O) groups excluding carboxylic acids is 1. The standard InChI is InChI=1S/C18H22N4O3S/c1-5-7-12(10-19-17(23)25-18(2,3)4)21-16(26)22-13-8-6-9-14-15(13)20-11-24-14/h6,8-9,11-12H,10H2,1-4H3,(H,19,23)(H2,21,22,26). The van der Waals surface area contributed by atoms with Crippen LogP contribution < -0.4 is 16.0 Å². The normalized spacial score (nSPS) is 11.8. The van der Waals surface area contributed by atoms with Crippen LogP contribution in [0.15, 0.2) is 29.0 Å². The Bertz CT molecular complexity index is 845. The minimum Gasteiger partial charge on any atom is -0.444 e. The van der Waals surface area contributed by atoms with Crippen LogP contribution in [0.25, 0.3) is 11.1 Å². The minimum atomic E-state index is -0.559. The van der Waals surface area contributed by atoms with Gasteiger partial charge < -0.3 is 25.1 Å². The van der Waals surface area contributed by atoms with E-state index in [9.17, 15) is 4.79 Å². The van der Waals surface area contributed by atoms with Crippen molar-refractivity contribution < 1.29 is 13.9 Å². The molecule has 3 N–H and O–H groups in total. The monoisotopic (exact) mass is 374 g/mol. The van der Waals surface area contributed by atoms with Crippen LogP contribution in [-0.2, 0) is 4.74 Å². The van der Waals surface area contributed by atoms with E-state index in [1.54, 1.807) is 27.7 Å². The number of hydrogen-bond donors (Lipinski definition) is 3. The largest absolute Gasteiger partial charge is 0.444 e. The van der Waals surface area contributed by atoms with Gasteiger partial charge in [-0.2, -0.15) is 0 Å². The number of fused-ring (bicyclic) bond motifs is 1. The second-order valence-corrected chi connectivity index (χ2v) is 6.84. The lowest BCUT2D eigenvalue weighted by Gasteiger charge is -2.21. The summed E-state index contributed by atoms with van der Waals surface area (Å²) in [5.41, 5.74) is 1.50. The van der Waals surface area contributed by atoms with Gasteiger partial charge in [0, 0.05) is 0 Å². The number of aromatic nitrogens is 1. The van der Waals surface area contributed by atoms with Crippen LogP contribution in [0.1, 0.15) is 27.7 Å². The predicted octanol–water partition coefficient (Wildman–Crippen LogP) is 3.03. The summed E-state index contributed by atoms with van der Waals surface area (Å²) in [4.78, 5) is 15.9. The van der Waals surface area contributed by atoms with Crippen LogP contribution in [0.2, 0.25) is 0 Å². The number of nitrogens with one attached hydrogen (secondary N) is 3. The van der Waals surface area contributed by atoms with Crippen molar-refractivity contribution in [3.63, 3.8) is 0 Å². The number of anilines is 1. The van der Waals surface area contributed by atoms with Crippen LogP contribution in [-0.4, -0.2) is 34.4 Å². The van der Waals surface area contributed by atoms with Gasteiger partial charge in [-0.15, -0.1) is 5.92 Å². The molecule has 1 aromatic carbocycles. The van der Waals surface area contributed by atoms with Crippen LogP contribution in [0.5, 0.6) is 0 Å². The van der Waals surface area contributed by atoms with Crippen molar-refractivity contribution in [2.75, 3.05) is 11.9 Å². The average molecular weight is 374 g/mol. The number of hydrogen-bond acceptors (Lipinski definition) is 5. The van der Waals surface area contributed by atoms with Gasteiger partial charge >= 0.3 is 6.09 Å². The number of oxazole rings is 1. The number of nitrogens with zero attached hydrogens (tertiary/aromatic N) is 1. The van der Waals surface area contributed by atoms with Gasteiger partial charge in [-0.3, -0.25) is 0 Å². The van der Waals surface area contributed by atoms with Crippen molar-refractivity contribution in [2.24, 2.45) is 0 Å². The average Bonchev–Trinajstić information content (AvgIpc) is 3.01. The molecule has 2 rings (SSSR count). The maximum Gasteiger partial charge on any atom is 0.407 e. The first-order chi connectivity index (χ1) is 12.3. The van der Waals surface area contributed by atoms with Crippen LogP contribution in [0, 0.1) is 11.8 Å². The molecule has 0 fully saturated rings. The minimum absolute atomic E-state index is 0.242. The second-order valence-electron chi connectivity index (χ2n) is 6.43. The summed E-state index contributed by atoms with van der Waals surface area (Å²) in [5, 5.41) is 9.17. The maximum absolute atomic E-state index is 11.8. The highest BCUT2D eigenvalue weighted by Gasteiger charge is 2.17. The molecular formula is C18H22N4O3S. The molecule has 138 valence electrons. The fourth-order valence-corrected chi connectivity index (χ4v) is 2.37. The van der Waals surface area contributed by atoms with Gasteiger partial charge in [0.1, 0.15) is 17.2 Å². The second kappa shape index (κ2) is 8.54. The molecule has 1 atom stereocenters. The van der Waals surface area contributed by atoms with Crippen molar-refractivity contribution in [3.8, 4) is 11.8 Å². The summed E-state index contributed by atoms with van der Waals surface area (Å²) < 4.78 is 10.5. The molecule has 8 heteroatoms. The highest BCUT2D eigenvalue weighted by atomic mass is 32.1. The molecule has 0 saturated carbocycles. The van der Waals surface area contributed by atoms with Crippen LogP contribution in [0.4, 0.5) is 10.5 Å². The molecule has 0 aliphatic heterocycles. The third kappa shape index (κ3) is 5.93. The van der Waals surface area contributed by atoms with Crippen molar-refractivity contribution >= 4 is 40.2 Å². The summed E-state index contributed by atoms with van der Waals surface area (Å²) in [6.45, 7) is 7.37. The molecule has 2 aromatic rings. The number of para-hydroxylation sites is 1. The Morgan fingerprint density at radius 2 is 2.19 bits per heavy atom. The zero-order chi connectivity index (χ0) is 19.2. The zero-order valence-electron chi connectivity index (χ0n) is 15.2. The Balaban J connectivity index is 1.94. The van der Waals surface area contributed by atoms with Crippen molar-refractivity contribution in [1.82, 2.24) is 15.6 Å². The zero-order valence-corrected chi connectivity index (χ0v) is 16.0. The molecule has 7 nitrogen and oxygen atoms in total. The molecule has 1 aromatic heterocycles. The lowest BCUT2D eigenvalue weighted by molar-refractivity contribution is 0.0526. The number of thiocarbonyl (C=S) groups is 1. The SMILES string of the molecule is CC#CC(CNC(=O)OC(C)(C)C)NC(=S)Nc1cccc2ocnc12. The van der Waals surface area contributed by atoms with E-state index in [0.717, 1.165) is 5.69 Å². The van der Waals surface area contributed by atoms with Gasteiger partial charge in [0.25, 0.3) is 0 Å². The molecule has 0 radical (unpaired) electrons. The molecular weight excluding hydrogens is 352 g/mol. The molecule has 0 spiro atoms. The topological polar surface area (TPSA) is 88.4 Å². The Labute approximate surface area is 157 Å². The van der Waals surface area contributed by atoms with Crippen molar-refractivity contribution in [3.05, 3.63) is 24.6 Å². The number of ether oxygens (including phenoxy) is 1. The van der Waals surface area contributed by atoms with Gasteiger partial charge in [-0.05, 0) is 52.0 Å². The molecule has 0 bridgehead atoms. The molecule has 0 aliphatic rings. The van der Waals surface area contributed by atoms with E-state index in [4.69, 9.17) is 21.4 Å². The predicted molar refractivity (Wildman–Crippen MR) is 105 cm³/mol. The Morgan fingerprint density at radius 1 is 1.42 bits per heavy atom. The number of rotatable bonds is 4. The smallest absolute Gasteiger partial charge is 0.407 e. The van der Waals surface area contributed by atoms with Crippen molar-refractivity contribution in [1.29, 1.82) is 0 Å². The molecule has 0 saturated heterocycles. The van der Waals surface area contributed by atoms with Gasteiger partial charge in [-0.1, -0.05) is 12.0 Å². The first kappa shape index (κ1) is 19.5.